The molecule has 0 saturated carbocycles. The first-order chi connectivity index (χ1) is 13.8. The third-order valence-electron chi connectivity index (χ3n) is 5.29. The van der Waals surface area contributed by atoms with E-state index in [1.54, 1.807) is 30.3 Å². The summed E-state index contributed by atoms with van der Waals surface area (Å²) >= 11 is 0. The Bertz CT molecular complexity index is 1060. The largest absolute Gasteiger partial charge is 0.396 e. The molecule has 0 bridgehead atoms. The normalized spacial score (nSPS) is 16.7. The molecule has 1 aromatic carbocycles. The molecule has 1 aliphatic heterocycles. The molecule has 5 nitrogen and oxygen atoms in total. The van der Waals surface area contributed by atoms with Gasteiger partial charge in [0, 0.05) is 32.1 Å². The summed E-state index contributed by atoms with van der Waals surface area (Å²) in [5.41, 5.74) is -0.0709. The van der Waals surface area contributed by atoms with Crippen LogP contribution in [0.1, 0.15) is 29.8 Å². The van der Waals surface area contributed by atoms with Crippen LogP contribution in [0.2, 0.25) is 0 Å². The van der Waals surface area contributed by atoms with Crippen molar-refractivity contribution < 1.29 is 17.6 Å². The quantitative estimate of drug-likeness (QED) is 0.616. The predicted octanol–water partition coefficient (Wildman–Crippen LogP) is 4.17. The van der Waals surface area contributed by atoms with Gasteiger partial charge in [0.15, 0.2) is 5.65 Å². The Morgan fingerprint density at radius 2 is 1.76 bits per heavy atom. The van der Waals surface area contributed by atoms with Gasteiger partial charge in [-0.25, -0.2) is 4.39 Å². The van der Waals surface area contributed by atoms with Crippen molar-refractivity contribution in [2.24, 2.45) is 0 Å². The first-order valence-corrected chi connectivity index (χ1v) is 9.14. The van der Waals surface area contributed by atoms with Crippen molar-refractivity contribution in [2.45, 2.75) is 31.1 Å². The first kappa shape index (κ1) is 19.2. The van der Waals surface area contributed by atoms with Crippen LogP contribution in [0.15, 0.2) is 42.6 Å². The molecule has 4 rings (SSSR count). The minimum absolute atomic E-state index is 0.0735. The van der Waals surface area contributed by atoms with Gasteiger partial charge < -0.3 is 4.90 Å². The highest BCUT2D eigenvalue weighted by Gasteiger charge is 2.37. The number of aromatic nitrogens is 3. The van der Waals surface area contributed by atoms with E-state index in [2.05, 4.69) is 10.2 Å². The van der Waals surface area contributed by atoms with Crippen molar-refractivity contribution in [3.8, 4) is 6.07 Å². The molecule has 0 atom stereocenters. The lowest BCUT2D eigenvalue weighted by Gasteiger charge is -2.38. The predicted molar refractivity (Wildman–Crippen MR) is 98.1 cm³/mol. The number of benzene rings is 1. The molecule has 9 heteroatoms. The maximum atomic E-state index is 15.4. The molecule has 0 N–H and O–H groups in total. The van der Waals surface area contributed by atoms with Gasteiger partial charge in [-0.1, -0.05) is 30.3 Å². The molecule has 2 aromatic heterocycles. The van der Waals surface area contributed by atoms with Crippen molar-refractivity contribution in [3.63, 3.8) is 0 Å². The van der Waals surface area contributed by atoms with E-state index in [1.807, 2.05) is 17.0 Å². The topological polar surface area (TPSA) is 57.2 Å². The van der Waals surface area contributed by atoms with E-state index in [0.717, 1.165) is 0 Å². The molecule has 0 aliphatic carbocycles. The summed E-state index contributed by atoms with van der Waals surface area (Å²) in [6.45, 7) is 0.750. The summed E-state index contributed by atoms with van der Waals surface area (Å²) in [6.07, 6.45) is -3.73. The molecule has 1 saturated heterocycles. The Labute approximate surface area is 164 Å². The van der Waals surface area contributed by atoms with Gasteiger partial charge in [-0.15, -0.1) is 10.2 Å². The molecule has 150 valence electrons. The van der Waals surface area contributed by atoms with Crippen LogP contribution in [-0.4, -0.2) is 33.9 Å². The molecule has 3 aromatic rings. The smallest absolute Gasteiger partial charge is 0.370 e. The van der Waals surface area contributed by atoms with E-state index in [4.69, 9.17) is 0 Å². The summed E-state index contributed by atoms with van der Waals surface area (Å²) in [6, 6.07) is 12.6. The summed E-state index contributed by atoms with van der Waals surface area (Å²) in [5.74, 6) is -0.277. The number of halogens is 4. The molecular weight excluding hydrogens is 386 g/mol. The molecular formula is C20H17F4N5. The maximum absolute atomic E-state index is 15.4. The number of pyridine rings is 1. The number of hydrogen-bond acceptors (Lipinski definition) is 4. The summed E-state index contributed by atoms with van der Waals surface area (Å²) < 4.78 is 54.7. The van der Waals surface area contributed by atoms with E-state index in [0.29, 0.717) is 24.3 Å². The number of piperidine rings is 1. The molecule has 1 aliphatic rings. The Morgan fingerprint density at radius 1 is 1.07 bits per heavy atom. The second-order valence-corrected chi connectivity index (χ2v) is 7.11. The highest BCUT2D eigenvalue weighted by atomic mass is 19.4. The number of nitrogens with zero attached hydrogens (tertiary/aromatic N) is 5. The van der Waals surface area contributed by atoms with Crippen LogP contribution >= 0.6 is 0 Å². The third-order valence-corrected chi connectivity index (χ3v) is 5.29. The van der Waals surface area contributed by atoms with Gasteiger partial charge in [-0.2, -0.15) is 18.4 Å². The molecule has 0 radical (unpaired) electrons. The second-order valence-electron chi connectivity index (χ2n) is 7.11. The zero-order valence-corrected chi connectivity index (χ0v) is 15.3. The van der Waals surface area contributed by atoms with E-state index >= 15 is 4.39 Å². The van der Waals surface area contributed by atoms with Gasteiger partial charge in [0.1, 0.15) is 29.5 Å². The minimum atomic E-state index is -4.43. The third kappa shape index (κ3) is 3.62. The first-order valence-electron chi connectivity index (χ1n) is 9.14. The highest BCUT2D eigenvalue weighted by Crippen LogP contribution is 2.39. The van der Waals surface area contributed by atoms with Crippen molar-refractivity contribution >= 4 is 11.3 Å². The second kappa shape index (κ2) is 7.03. The van der Waals surface area contributed by atoms with E-state index in [9.17, 15) is 18.4 Å². The Hall–Kier alpha value is -3.15. The number of alkyl halides is 4. The van der Waals surface area contributed by atoms with Crippen LogP contribution in [-0.2, 0) is 12.1 Å². The van der Waals surface area contributed by atoms with Crippen molar-refractivity contribution in [1.82, 2.24) is 14.6 Å². The monoisotopic (exact) mass is 403 g/mol. The van der Waals surface area contributed by atoms with Crippen LogP contribution < -0.4 is 4.90 Å². The summed E-state index contributed by atoms with van der Waals surface area (Å²) in [5, 5.41) is 17.0. The molecule has 3 heterocycles. The van der Waals surface area contributed by atoms with Crippen LogP contribution in [0.3, 0.4) is 0 Å². The molecule has 0 unspecified atom stereocenters. The lowest BCUT2D eigenvalue weighted by atomic mass is 9.86. The van der Waals surface area contributed by atoms with E-state index in [1.165, 1.54) is 10.6 Å². The van der Waals surface area contributed by atoms with E-state index < -0.39 is 18.3 Å². The maximum Gasteiger partial charge on any atom is 0.396 e. The zero-order chi connectivity index (χ0) is 20.6. The Balaban J connectivity index is 1.61. The Morgan fingerprint density at radius 3 is 2.38 bits per heavy atom. The number of fused-ring (bicyclic) bond motifs is 1. The van der Waals surface area contributed by atoms with Crippen molar-refractivity contribution in [3.05, 3.63) is 59.5 Å². The highest BCUT2D eigenvalue weighted by molar-refractivity contribution is 5.71. The molecule has 0 amide bonds. The molecule has 1 fully saturated rings. The average Bonchev–Trinajstić information content (AvgIpc) is 3.10. The molecule has 29 heavy (non-hydrogen) atoms. The fraction of sp³-hybridized carbons (Fsp3) is 0.350. The standard InChI is InChI=1S/C20H17F4N5/c21-19(14-4-2-1-3-5-14)7-10-28(11-8-19)16-6-9-29-17(12-20(22,23)24)26-27-18(29)15(16)13-25/h1-6,9H,7-8,10-12H2. The average molecular weight is 403 g/mol. The number of anilines is 1. The summed E-state index contributed by atoms with van der Waals surface area (Å²) in [7, 11) is 0. The number of hydrogen-bond donors (Lipinski definition) is 0. The van der Waals surface area contributed by atoms with Crippen LogP contribution in [0, 0.1) is 11.3 Å². The van der Waals surface area contributed by atoms with E-state index in [-0.39, 0.29) is 29.9 Å². The SMILES string of the molecule is N#Cc1c(N2CCC(F)(c3ccccc3)CC2)ccn2c(CC(F)(F)F)nnc12. The lowest BCUT2D eigenvalue weighted by molar-refractivity contribution is -0.128. The van der Waals surface area contributed by atoms with Crippen molar-refractivity contribution in [2.75, 3.05) is 18.0 Å². The molecule has 0 spiro atoms. The van der Waals surface area contributed by atoms with Gasteiger partial charge in [-0.3, -0.25) is 4.40 Å². The van der Waals surface area contributed by atoms with Crippen LogP contribution in [0.4, 0.5) is 23.2 Å². The van der Waals surface area contributed by atoms with Gasteiger partial charge in [-0.05, 0) is 11.6 Å². The lowest BCUT2D eigenvalue weighted by Crippen LogP contribution is -2.40. The van der Waals surface area contributed by atoms with Crippen LogP contribution in [0.25, 0.3) is 5.65 Å². The number of rotatable bonds is 3. The zero-order valence-electron chi connectivity index (χ0n) is 15.3. The van der Waals surface area contributed by atoms with Crippen molar-refractivity contribution in [1.29, 1.82) is 5.26 Å². The Kier molecular flexibility index (Phi) is 4.65. The van der Waals surface area contributed by atoms with Gasteiger partial charge >= 0.3 is 6.18 Å². The fourth-order valence-corrected chi connectivity index (χ4v) is 3.79. The van der Waals surface area contributed by atoms with Gasteiger partial charge in [0.25, 0.3) is 0 Å². The number of nitriles is 1. The minimum Gasteiger partial charge on any atom is -0.370 e. The van der Waals surface area contributed by atoms with Gasteiger partial charge in [0.2, 0.25) is 0 Å². The fourth-order valence-electron chi connectivity index (χ4n) is 3.79. The van der Waals surface area contributed by atoms with Crippen LogP contribution in [0.5, 0.6) is 0 Å². The van der Waals surface area contributed by atoms with Gasteiger partial charge in [0.05, 0.1) is 5.69 Å². The summed E-state index contributed by atoms with van der Waals surface area (Å²) in [4.78, 5) is 1.87.